The van der Waals surface area contributed by atoms with Crippen molar-refractivity contribution in [1.29, 1.82) is 0 Å². The van der Waals surface area contributed by atoms with Crippen molar-refractivity contribution < 1.29 is 19.4 Å². The Kier molecular flexibility index (Phi) is 4.91. The van der Waals surface area contributed by atoms with Gasteiger partial charge in [0.25, 0.3) is 0 Å². The van der Waals surface area contributed by atoms with Crippen molar-refractivity contribution in [2.24, 2.45) is 17.3 Å². The van der Waals surface area contributed by atoms with Crippen LogP contribution in [-0.2, 0) is 14.3 Å². The molecule has 2 aliphatic rings. The average Bonchev–Trinajstić information content (AvgIpc) is 2.35. The monoisotopic (exact) mass is 297 g/mol. The first-order valence-electron chi connectivity index (χ1n) is 7.88. The van der Waals surface area contributed by atoms with E-state index in [0.29, 0.717) is 25.7 Å². The number of morpholine rings is 1. The van der Waals surface area contributed by atoms with Crippen LogP contribution in [0, 0.1) is 17.3 Å². The highest BCUT2D eigenvalue weighted by Crippen LogP contribution is 2.42. The summed E-state index contributed by atoms with van der Waals surface area (Å²) in [4.78, 5) is 25.6. The topological polar surface area (TPSA) is 66.8 Å². The molecule has 1 heterocycles. The van der Waals surface area contributed by atoms with Gasteiger partial charge in [0.05, 0.1) is 25.7 Å². The SMILES string of the molecule is CC1CC(C(=O)N2CCOCC2CC(=O)O)CC(C)(C)C1. The number of aliphatic carboxylic acids is 1. The predicted octanol–water partition coefficient (Wildman–Crippen LogP) is 2.15. The molecule has 120 valence electrons. The molecule has 5 heteroatoms. The molecule has 1 saturated carbocycles. The molecule has 3 unspecified atom stereocenters. The molecule has 1 aliphatic carbocycles. The molecule has 1 amide bonds. The van der Waals surface area contributed by atoms with E-state index in [4.69, 9.17) is 9.84 Å². The van der Waals surface area contributed by atoms with Gasteiger partial charge in [0.15, 0.2) is 0 Å². The fourth-order valence-electron chi connectivity index (χ4n) is 4.08. The van der Waals surface area contributed by atoms with E-state index in [0.717, 1.165) is 19.3 Å². The number of carboxylic acids is 1. The number of amides is 1. The minimum atomic E-state index is -0.874. The summed E-state index contributed by atoms with van der Waals surface area (Å²) < 4.78 is 5.36. The minimum Gasteiger partial charge on any atom is -0.481 e. The molecule has 21 heavy (non-hydrogen) atoms. The first-order valence-corrected chi connectivity index (χ1v) is 7.88. The van der Waals surface area contributed by atoms with E-state index in [9.17, 15) is 9.59 Å². The van der Waals surface area contributed by atoms with E-state index in [1.54, 1.807) is 4.90 Å². The van der Waals surface area contributed by atoms with Crippen molar-refractivity contribution in [3.05, 3.63) is 0 Å². The Morgan fingerprint density at radius 3 is 2.67 bits per heavy atom. The smallest absolute Gasteiger partial charge is 0.305 e. The number of carbonyl (C=O) groups is 2. The summed E-state index contributed by atoms with van der Waals surface area (Å²) in [6, 6.07) is -0.316. The molecule has 3 atom stereocenters. The standard InChI is InChI=1S/C16H27NO4/c1-11-6-12(9-16(2,3)8-11)15(20)17-4-5-21-10-13(17)7-14(18)19/h11-13H,4-10H2,1-3H3,(H,18,19). The van der Waals surface area contributed by atoms with Gasteiger partial charge in [0, 0.05) is 12.5 Å². The van der Waals surface area contributed by atoms with E-state index in [1.807, 2.05) is 0 Å². The minimum absolute atomic E-state index is 0.0261. The molecule has 0 aromatic heterocycles. The van der Waals surface area contributed by atoms with Crippen LogP contribution >= 0.6 is 0 Å². The summed E-state index contributed by atoms with van der Waals surface area (Å²) in [6.07, 6.45) is 2.93. The van der Waals surface area contributed by atoms with Gasteiger partial charge in [-0.15, -0.1) is 0 Å². The summed E-state index contributed by atoms with van der Waals surface area (Å²) in [5, 5.41) is 9.01. The summed E-state index contributed by atoms with van der Waals surface area (Å²) in [5.74, 6) is -0.176. The molecule has 1 saturated heterocycles. The second-order valence-electron chi connectivity index (χ2n) is 7.47. The van der Waals surface area contributed by atoms with Gasteiger partial charge in [-0.1, -0.05) is 20.8 Å². The highest BCUT2D eigenvalue weighted by Gasteiger charge is 2.39. The zero-order chi connectivity index (χ0) is 15.6. The van der Waals surface area contributed by atoms with E-state index in [2.05, 4.69) is 20.8 Å². The Labute approximate surface area is 126 Å². The van der Waals surface area contributed by atoms with Crippen molar-refractivity contribution in [3.63, 3.8) is 0 Å². The second kappa shape index (κ2) is 6.34. The van der Waals surface area contributed by atoms with Gasteiger partial charge in [-0.2, -0.15) is 0 Å². The maximum absolute atomic E-state index is 12.9. The molecule has 1 aliphatic heterocycles. The quantitative estimate of drug-likeness (QED) is 0.867. The first kappa shape index (κ1) is 16.3. The summed E-state index contributed by atoms with van der Waals surface area (Å²) >= 11 is 0. The van der Waals surface area contributed by atoms with Gasteiger partial charge in [-0.3, -0.25) is 9.59 Å². The third-order valence-electron chi connectivity index (χ3n) is 4.66. The molecule has 2 rings (SSSR count). The fourth-order valence-corrected chi connectivity index (χ4v) is 4.08. The molecule has 2 fully saturated rings. The van der Waals surface area contributed by atoms with Gasteiger partial charge in [-0.25, -0.2) is 0 Å². The van der Waals surface area contributed by atoms with Crippen LogP contribution in [0.25, 0.3) is 0 Å². The molecule has 0 spiro atoms. The third kappa shape index (κ3) is 4.19. The number of carbonyl (C=O) groups excluding carboxylic acids is 1. The molecule has 5 nitrogen and oxygen atoms in total. The van der Waals surface area contributed by atoms with Gasteiger partial charge in [-0.05, 0) is 30.6 Å². The molecule has 0 aromatic carbocycles. The highest BCUT2D eigenvalue weighted by atomic mass is 16.5. The Balaban J connectivity index is 2.07. The third-order valence-corrected chi connectivity index (χ3v) is 4.66. The van der Waals surface area contributed by atoms with Crippen LogP contribution in [-0.4, -0.2) is 47.7 Å². The van der Waals surface area contributed by atoms with Crippen LogP contribution in [0.2, 0.25) is 0 Å². The zero-order valence-corrected chi connectivity index (χ0v) is 13.3. The Morgan fingerprint density at radius 2 is 2.05 bits per heavy atom. The number of carboxylic acid groups (broad SMARTS) is 1. The lowest BCUT2D eigenvalue weighted by Gasteiger charge is -2.42. The Bertz CT molecular complexity index is 407. The van der Waals surface area contributed by atoms with Crippen molar-refractivity contribution in [1.82, 2.24) is 4.90 Å². The van der Waals surface area contributed by atoms with Gasteiger partial charge in [0.2, 0.25) is 5.91 Å². The normalized spacial score (nSPS) is 32.7. The van der Waals surface area contributed by atoms with Gasteiger partial charge in [0.1, 0.15) is 0 Å². The Hall–Kier alpha value is -1.10. The Morgan fingerprint density at radius 1 is 1.33 bits per heavy atom. The predicted molar refractivity (Wildman–Crippen MR) is 78.9 cm³/mol. The fraction of sp³-hybridized carbons (Fsp3) is 0.875. The van der Waals surface area contributed by atoms with Crippen molar-refractivity contribution >= 4 is 11.9 Å². The molecule has 0 radical (unpaired) electrons. The van der Waals surface area contributed by atoms with Crippen LogP contribution < -0.4 is 0 Å². The van der Waals surface area contributed by atoms with Crippen LogP contribution in [0.3, 0.4) is 0 Å². The van der Waals surface area contributed by atoms with Crippen LogP contribution in [0.5, 0.6) is 0 Å². The lowest BCUT2D eigenvalue weighted by atomic mass is 9.67. The lowest BCUT2D eigenvalue weighted by Crippen LogP contribution is -2.52. The summed E-state index contributed by atoms with van der Waals surface area (Å²) in [7, 11) is 0. The van der Waals surface area contributed by atoms with Gasteiger partial charge >= 0.3 is 5.97 Å². The van der Waals surface area contributed by atoms with E-state index >= 15 is 0 Å². The molecular weight excluding hydrogens is 270 g/mol. The zero-order valence-electron chi connectivity index (χ0n) is 13.3. The highest BCUT2D eigenvalue weighted by molar-refractivity contribution is 5.80. The maximum atomic E-state index is 12.9. The maximum Gasteiger partial charge on any atom is 0.305 e. The van der Waals surface area contributed by atoms with E-state index < -0.39 is 5.97 Å². The molecule has 1 N–H and O–H groups in total. The molecular formula is C16H27NO4. The van der Waals surface area contributed by atoms with Crippen LogP contribution in [0.4, 0.5) is 0 Å². The van der Waals surface area contributed by atoms with Gasteiger partial charge < -0.3 is 14.7 Å². The van der Waals surface area contributed by atoms with Crippen LogP contribution in [0.1, 0.15) is 46.5 Å². The lowest BCUT2D eigenvalue weighted by molar-refractivity contribution is -0.151. The largest absolute Gasteiger partial charge is 0.481 e. The summed E-state index contributed by atoms with van der Waals surface area (Å²) in [5.41, 5.74) is 0.187. The summed E-state index contributed by atoms with van der Waals surface area (Å²) in [6.45, 7) is 8.00. The number of ether oxygens (including phenoxy) is 1. The van der Waals surface area contributed by atoms with Crippen molar-refractivity contribution in [2.45, 2.75) is 52.5 Å². The first-order chi connectivity index (χ1) is 9.78. The van der Waals surface area contributed by atoms with Crippen LogP contribution in [0.15, 0.2) is 0 Å². The average molecular weight is 297 g/mol. The van der Waals surface area contributed by atoms with E-state index in [1.165, 1.54) is 0 Å². The van der Waals surface area contributed by atoms with Crippen molar-refractivity contribution in [2.75, 3.05) is 19.8 Å². The molecule has 0 bridgehead atoms. The van der Waals surface area contributed by atoms with Crippen molar-refractivity contribution in [3.8, 4) is 0 Å². The number of hydrogen-bond acceptors (Lipinski definition) is 3. The second-order valence-corrected chi connectivity index (χ2v) is 7.47. The van der Waals surface area contributed by atoms with E-state index in [-0.39, 0.29) is 29.7 Å². The number of nitrogens with zero attached hydrogens (tertiary/aromatic N) is 1. The molecule has 0 aromatic rings. The number of hydrogen-bond donors (Lipinski definition) is 1. The number of rotatable bonds is 3.